The molecule has 0 aliphatic carbocycles. The van der Waals surface area contributed by atoms with E-state index in [2.05, 4.69) is 10.6 Å². The molecule has 34 heavy (non-hydrogen) atoms. The van der Waals surface area contributed by atoms with Crippen molar-refractivity contribution in [3.8, 4) is 0 Å². The van der Waals surface area contributed by atoms with Gasteiger partial charge in [-0.15, -0.1) is 0 Å². The van der Waals surface area contributed by atoms with E-state index in [1.165, 1.54) is 12.1 Å². The highest BCUT2D eigenvalue weighted by Crippen LogP contribution is 2.17. The molecule has 0 aliphatic heterocycles. The molecule has 10 heteroatoms. The third kappa shape index (κ3) is 5.13. The fourth-order valence-electron chi connectivity index (χ4n) is 3.24. The van der Waals surface area contributed by atoms with E-state index in [1.807, 2.05) is 0 Å². The maximum Gasteiger partial charge on any atom is 0.412 e. The third-order valence-electron chi connectivity index (χ3n) is 4.86. The van der Waals surface area contributed by atoms with Crippen LogP contribution < -0.4 is 15.1 Å². The Labute approximate surface area is 193 Å². The van der Waals surface area contributed by atoms with Gasteiger partial charge in [-0.1, -0.05) is 48.5 Å². The van der Waals surface area contributed by atoms with Crippen LogP contribution in [0.3, 0.4) is 0 Å². The minimum Gasteiger partial charge on any atom is -0.805 e. The second kappa shape index (κ2) is 10.2. The van der Waals surface area contributed by atoms with Gasteiger partial charge < -0.3 is 19.4 Å². The predicted octanol–water partition coefficient (Wildman–Crippen LogP) is 4.40. The van der Waals surface area contributed by atoms with Gasteiger partial charge in [-0.2, -0.15) is 0 Å². The highest BCUT2D eigenvalue weighted by atomic mass is 16.6. The number of hydrogen-bond acceptors (Lipinski definition) is 6. The van der Waals surface area contributed by atoms with Crippen LogP contribution in [0.5, 0.6) is 0 Å². The molecule has 2 N–H and O–H groups in total. The molecule has 0 bridgehead atoms. The molecule has 0 spiro atoms. The summed E-state index contributed by atoms with van der Waals surface area (Å²) in [6.07, 6.45) is -1.63. The lowest BCUT2D eigenvalue weighted by Crippen LogP contribution is -2.30. The van der Waals surface area contributed by atoms with Crippen molar-refractivity contribution in [3.05, 3.63) is 106 Å². The van der Waals surface area contributed by atoms with Gasteiger partial charge in [0.2, 0.25) is 0 Å². The topological polar surface area (TPSA) is 128 Å². The van der Waals surface area contributed by atoms with E-state index in [4.69, 9.17) is 9.47 Å². The van der Waals surface area contributed by atoms with Crippen LogP contribution in [0.25, 0.3) is 11.0 Å². The molecular formula is C24H20N4O6. The fourth-order valence-corrected chi connectivity index (χ4v) is 3.24. The Morgan fingerprint density at radius 1 is 0.765 bits per heavy atom. The Morgan fingerprint density at radius 2 is 1.26 bits per heavy atom. The smallest absolute Gasteiger partial charge is 0.412 e. The average Bonchev–Trinajstić information content (AvgIpc) is 2.86. The molecule has 4 aromatic rings. The molecule has 4 rings (SSSR count). The standard InChI is InChI=1S/C24H20N4O6/c29-23(25-17-9-3-1-4-10-17)33-15-21-22(16-34-24(30)26-18-11-5-2-6-12-18)28(32)20-14-8-7-13-19(20)27(21)31/h1-14H,15-16H2,(H,25,29)(H,26,30). The summed E-state index contributed by atoms with van der Waals surface area (Å²) >= 11 is 0. The Balaban J connectivity index is 1.56. The van der Waals surface area contributed by atoms with E-state index in [-0.39, 0.29) is 22.4 Å². The van der Waals surface area contributed by atoms with Gasteiger partial charge in [0.1, 0.15) is 17.8 Å². The number of fused-ring (bicyclic) bond motifs is 1. The molecule has 0 saturated carbocycles. The first-order valence-electron chi connectivity index (χ1n) is 10.3. The number of benzene rings is 3. The summed E-state index contributed by atoms with van der Waals surface area (Å²) in [7, 11) is 0. The molecule has 0 atom stereocenters. The number of ether oxygens (including phenoxy) is 2. The normalized spacial score (nSPS) is 10.5. The summed E-state index contributed by atoms with van der Waals surface area (Å²) in [6, 6.07) is 23.3. The summed E-state index contributed by atoms with van der Waals surface area (Å²) in [4.78, 5) is 37.4. The Bertz CT molecular complexity index is 1370. The lowest BCUT2D eigenvalue weighted by molar-refractivity contribution is -0.479. The van der Waals surface area contributed by atoms with Crippen LogP contribution in [0.15, 0.2) is 84.9 Å². The molecule has 0 fully saturated rings. The zero-order chi connectivity index (χ0) is 23.9. The fraction of sp³-hybridized carbons (Fsp3) is 0.0833. The minimum atomic E-state index is -0.814. The molecule has 0 unspecified atom stereocenters. The Hall–Kier alpha value is -4.86. The van der Waals surface area contributed by atoms with Gasteiger partial charge >= 0.3 is 12.2 Å². The predicted molar refractivity (Wildman–Crippen MR) is 125 cm³/mol. The third-order valence-corrected chi connectivity index (χ3v) is 4.86. The monoisotopic (exact) mass is 460 g/mol. The molecular weight excluding hydrogens is 440 g/mol. The van der Waals surface area contributed by atoms with Crippen LogP contribution >= 0.6 is 0 Å². The van der Waals surface area contributed by atoms with Crippen LogP contribution in [0.1, 0.15) is 11.4 Å². The summed E-state index contributed by atoms with van der Waals surface area (Å²) in [5.74, 6) is 0. The zero-order valence-electron chi connectivity index (χ0n) is 17.8. The second-order valence-corrected chi connectivity index (χ2v) is 7.11. The van der Waals surface area contributed by atoms with Crippen molar-refractivity contribution in [3.63, 3.8) is 0 Å². The van der Waals surface area contributed by atoms with Gasteiger partial charge in [-0.25, -0.2) is 9.59 Å². The summed E-state index contributed by atoms with van der Waals surface area (Å²) < 4.78 is 11.3. The average molecular weight is 460 g/mol. The van der Waals surface area contributed by atoms with Crippen LogP contribution in [0.2, 0.25) is 0 Å². The SMILES string of the molecule is O=C(Nc1ccccc1)OCc1c(COC(=O)Nc2ccccc2)[n+](=O)c2ccccc2n1[O-]. The van der Waals surface area contributed by atoms with E-state index in [0.717, 1.165) is 0 Å². The largest absolute Gasteiger partial charge is 0.805 e. The number of nitrogens with zero attached hydrogens (tertiary/aromatic N) is 2. The number of aromatic nitrogens is 2. The second-order valence-electron chi connectivity index (χ2n) is 7.11. The van der Waals surface area contributed by atoms with E-state index >= 15 is 0 Å². The van der Waals surface area contributed by atoms with Crippen molar-refractivity contribution in [1.29, 1.82) is 0 Å². The first-order chi connectivity index (χ1) is 16.5. The number of hydrogen-bond donors (Lipinski definition) is 2. The first kappa shape index (κ1) is 22.3. The number of carbonyl (C=O) groups excluding carboxylic acids is 2. The van der Waals surface area contributed by atoms with Crippen LogP contribution in [0.4, 0.5) is 21.0 Å². The van der Waals surface area contributed by atoms with E-state index in [9.17, 15) is 19.7 Å². The van der Waals surface area contributed by atoms with Crippen LogP contribution in [-0.4, -0.2) is 16.9 Å². The number of rotatable bonds is 6. The maximum absolute atomic E-state index is 13.0. The van der Waals surface area contributed by atoms with Crippen molar-refractivity contribution in [2.24, 2.45) is 0 Å². The van der Waals surface area contributed by atoms with E-state index in [1.54, 1.807) is 72.8 Å². The molecule has 172 valence electrons. The maximum atomic E-state index is 13.0. The number of para-hydroxylation sites is 4. The number of anilines is 2. The van der Waals surface area contributed by atoms with Crippen LogP contribution in [-0.2, 0) is 22.7 Å². The minimum absolute atomic E-state index is 0.0806. The van der Waals surface area contributed by atoms with Gasteiger partial charge in [0.15, 0.2) is 6.61 Å². The van der Waals surface area contributed by atoms with Gasteiger partial charge in [0, 0.05) is 22.3 Å². The van der Waals surface area contributed by atoms with Gasteiger partial charge in [-0.3, -0.25) is 10.6 Å². The molecule has 3 aromatic carbocycles. The van der Waals surface area contributed by atoms with Crippen molar-refractivity contribution in [1.82, 2.24) is 4.73 Å². The van der Waals surface area contributed by atoms with Gasteiger partial charge in [0.05, 0.1) is 4.43 Å². The van der Waals surface area contributed by atoms with E-state index < -0.39 is 25.4 Å². The first-order valence-corrected chi connectivity index (χ1v) is 10.3. The lowest BCUT2D eigenvalue weighted by atomic mass is 10.2. The number of carbonyl (C=O) groups is 2. The van der Waals surface area contributed by atoms with Crippen LogP contribution in [0, 0.1) is 10.1 Å². The highest BCUT2D eigenvalue weighted by molar-refractivity contribution is 5.85. The molecule has 1 aromatic heterocycles. The van der Waals surface area contributed by atoms with E-state index in [0.29, 0.717) is 20.5 Å². The van der Waals surface area contributed by atoms with Crippen molar-refractivity contribution in [2.75, 3.05) is 10.6 Å². The molecule has 1 heterocycles. The number of nitrogens with one attached hydrogen (secondary N) is 2. The van der Waals surface area contributed by atoms with Crippen molar-refractivity contribution < 1.29 is 23.5 Å². The summed E-state index contributed by atoms with van der Waals surface area (Å²) in [5, 5.41) is 18.1. The van der Waals surface area contributed by atoms with Crippen molar-refractivity contribution in [2.45, 2.75) is 13.2 Å². The zero-order valence-corrected chi connectivity index (χ0v) is 17.8. The number of amides is 2. The molecule has 10 nitrogen and oxygen atoms in total. The lowest BCUT2D eigenvalue weighted by Gasteiger charge is -2.19. The Morgan fingerprint density at radius 3 is 1.85 bits per heavy atom. The summed E-state index contributed by atoms with van der Waals surface area (Å²) in [6.45, 7) is -1.04. The molecule has 0 aliphatic rings. The summed E-state index contributed by atoms with van der Waals surface area (Å²) in [5.41, 5.74) is 0.838. The van der Waals surface area contributed by atoms with Gasteiger partial charge in [0.25, 0.3) is 11.2 Å². The highest BCUT2D eigenvalue weighted by Gasteiger charge is 2.25. The quantitative estimate of drug-likeness (QED) is 0.411. The Kier molecular flexibility index (Phi) is 6.68. The molecule has 2 amide bonds. The van der Waals surface area contributed by atoms with Crippen molar-refractivity contribution >= 4 is 34.6 Å². The molecule has 0 radical (unpaired) electrons. The van der Waals surface area contributed by atoms with Gasteiger partial charge in [-0.05, 0) is 30.3 Å². The molecule has 0 saturated heterocycles.